The van der Waals surface area contributed by atoms with Crippen LogP contribution in [0.1, 0.15) is 180 Å². The van der Waals surface area contributed by atoms with Crippen LogP contribution in [0.15, 0.2) is 72.8 Å². The van der Waals surface area contributed by atoms with Crippen molar-refractivity contribution < 1.29 is 19.1 Å². The van der Waals surface area contributed by atoms with E-state index in [1.54, 1.807) is 30.7 Å². The maximum absolute atomic E-state index is 11.3. The van der Waals surface area contributed by atoms with Crippen molar-refractivity contribution in [2.45, 2.75) is 202 Å². The van der Waals surface area contributed by atoms with Gasteiger partial charge in [0.15, 0.2) is 0 Å². The third-order valence-electron chi connectivity index (χ3n) is 21.8. The molecule has 0 saturated carbocycles. The van der Waals surface area contributed by atoms with Crippen LogP contribution >= 0.6 is 0 Å². The van der Waals surface area contributed by atoms with Crippen molar-refractivity contribution in [3.8, 4) is 0 Å². The van der Waals surface area contributed by atoms with Gasteiger partial charge in [-0.15, -0.1) is 0 Å². The average Bonchev–Trinajstić information content (AvgIpc) is 1.02. The Morgan fingerprint density at radius 2 is 0.771 bits per heavy atom. The zero-order valence-corrected chi connectivity index (χ0v) is 65.9. The lowest BCUT2D eigenvalue weighted by atomic mass is 9.87. The molecule has 14 nitrogen and oxygen atoms in total. The second kappa shape index (κ2) is 42.3. The van der Waals surface area contributed by atoms with Crippen molar-refractivity contribution in [1.29, 1.82) is 0 Å². The lowest BCUT2D eigenvalue weighted by molar-refractivity contribution is -0.131. The van der Waals surface area contributed by atoms with Crippen LogP contribution in [0.3, 0.4) is 0 Å². The van der Waals surface area contributed by atoms with Crippen LogP contribution in [0.5, 0.6) is 0 Å². The minimum atomic E-state index is 0.0475. The second-order valence-corrected chi connectivity index (χ2v) is 32.3. The summed E-state index contributed by atoms with van der Waals surface area (Å²) in [6.45, 7) is 64.4. The van der Waals surface area contributed by atoms with E-state index in [-0.39, 0.29) is 23.9 Å². The maximum atomic E-state index is 11.3. The van der Waals surface area contributed by atoms with Crippen molar-refractivity contribution in [2.75, 3.05) is 147 Å². The van der Waals surface area contributed by atoms with Gasteiger partial charge in [0.1, 0.15) is 13.5 Å². The van der Waals surface area contributed by atoms with Gasteiger partial charge in [-0.3, -0.25) is 19.4 Å². The third-order valence-corrected chi connectivity index (χ3v) is 21.8. The molecule has 2 unspecified atom stereocenters. The number of likely N-dealkylation sites (N-methyl/N-ethyl adjacent to an activating group) is 1. The summed E-state index contributed by atoms with van der Waals surface area (Å²) in [5, 5.41) is 0. The highest BCUT2D eigenvalue weighted by Crippen LogP contribution is 2.32. The van der Waals surface area contributed by atoms with Gasteiger partial charge in [-0.25, -0.2) is 4.79 Å². The molecule has 8 aliphatic rings. The number of carbonyl (C=O) groups excluding carboxylic acids is 3. The Morgan fingerprint density at radius 1 is 0.396 bits per heavy atom. The number of nitrogens with zero attached hydrogens (tertiary/aromatic N) is 10. The van der Waals surface area contributed by atoms with Gasteiger partial charge in [0.05, 0.1) is 0 Å². The smallest absolute Gasteiger partial charge is 0.323 e. The summed E-state index contributed by atoms with van der Waals surface area (Å²) >= 11 is 0. The first-order valence-corrected chi connectivity index (χ1v) is 37.9. The molecule has 0 radical (unpaired) electrons. The minimum absolute atomic E-state index is 0.0475. The molecule has 8 aliphatic heterocycles. The summed E-state index contributed by atoms with van der Waals surface area (Å²) in [6.07, 6.45) is 7.67. The topological polar surface area (TPSA) is 92.8 Å². The van der Waals surface area contributed by atoms with Crippen molar-refractivity contribution in [3.05, 3.63) is 89.5 Å². The van der Waals surface area contributed by atoms with E-state index in [4.69, 9.17) is 4.74 Å². The monoisotopic (exact) mass is 1330 g/mol. The molecule has 0 spiro atoms. The van der Waals surface area contributed by atoms with E-state index in [0.717, 1.165) is 78.9 Å². The molecule has 0 bridgehead atoms. The Kier molecular flexibility index (Phi) is 36.8. The molecule has 0 N–H and O–H groups in total. The van der Waals surface area contributed by atoms with E-state index in [2.05, 4.69) is 234 Å². The van der Waals surface area contributed by atoms with Gasteiger partial charge >= 0.3 is 6.03 Å². The Morgan fingerprint density at radius 3 is 1.08 bits per heavy atom. The lowest BCUT2D eigenvalue weighted by Crippen LogP contribution is -2.51. The van der Waals surface area contributed by atoms with E-state index >= 15 is 0 Å². The Balaban J connectivity index is 0.000000234. The average molecular weight is 1330 g/mol. The molecule has 2 atom stereocenters. The summed E-state index contributed by atoms with van der Waals surface area (Å²) < 4.78 is 5.16. The van der Waals surface area contributed by atoms with Crippen molar-refractivity contribution in [3.63, 3.8) is 0 Å². The molecule has 96 heavy (non-hydrogen) atoms. The van der Waals surface area contributed by atoms with Crippen molar-refractivity contribution in [1.82, 2.24) is 34.3 Å². The van der Waals surface area contributed by atoms with E-state index < -0.39 is 0 Å². The number of hydrogen-bond donors (Lipinski definition) is 0. The quantitative estimate of drug-likeness (QED) is 0.185. The molecule has 11 rings (SSSR count). The molecule has 546 valence electrons. The number of likely N-dealkylation sites (tertiary alicyclic amines) is 3. The summed E-state index contributed by atoms with van der Waals surface area (Å²) in [7, 11) is 6.14. The molecule has 4 amide bonds. The molecule has 8 heterocycles. The zero-order valence-electron chi connectivity index (χ0n) is 65.9. The Labute approximate surface area is 589 Å². The summed E-state index contributed by atoms with van der Waals surface area (Å²) in [4.78, 5) is 55.5. The number of aryl methyl sites for hydroxylation is 3. The number of rotatable bonds is 11. The first-order chi connectivity index (χ1) is 45.3. The van der Waals surface area contributed by atoms with Gasteiger partial charge in [0.2, 0.25) is 11.8 Å². The van der Waals surface area contributed by atoms with Gasteiger partial charge in [-0.2, -0.15) is 0 Å². The number of piperidine rings is 2. The summed E-state index contributed by atoms with van der Waals surface area (Å²) in [5.74, 6) is 9.61. The van der Waals surface area contributed by atoms with Crippen LogP contribution in [0.2, 0.25) is 0 Å². The maximum Gasteiger partial charge on any atom is 0.323 e. The summed E-state index contributed by atoms with van der Waals surface area (Å²) in [5.41, 5.74) is 8.17. The molecule has 8 saturated heterocycles. The normalized spacial score (nSPS) is 20.8. The molecule has 3 aromatic carbocycles. The van der Waals surface area contributed by atoms with Crippen LogP contribution in [-0.4, -0.2) is 203 Å². The highest BCUT2D eigenvalue weighted by molar-refractivity contribution is 5.75. The molecule has 3 aromatic rings. The van der Waals surface area contributed by atoms with Crippen LogP contribution in [0.25, 0.3) is 0 Å². The number of piperazine rings is 1. The number of urea groups is 1. The number of ether oxygens (including phenoxy) is 1. The molecule has 8 fully saturated rings. The number of anilines is 3. The standard InChI is InChI=1S/3C13H19N.C10H19NO.C9H17NO.C9H19N.C8H18N2.C7H14N2O2/c3*1-10(2)12-8-14(9-12)13-6-4-11(3)5-7-13;1-8(2)10-5-4-6-11(7-10)9(3)12;1-7(2)9-5-4-6-10(9)8(3)11;1-8(2)9-4-6-10(3)7-5-9;1-8(2)10-6-4-9(3)5-7-10;1-6(2)9-5-11-4-8(3)7(9)10/h3*4-7,10,12H,8-9H2,1-3H3;8,10H,4-7H2,1-3H3;7,9H,4-6H2,1-3H3;8-9H,4-7H2,1-3H3;8H,4-7H2,1-3H3;6H,4-5H2,1-3H3. The first kappa shape index (κ1) is 83.5. The van der Waals surface area contributed by atoms with Gasteiger partial charge < -0.3 is 43.9 Å². The Hall–Kier alpha value is -4.89. The fourth-order valence-electron chi connectivity index (χ4n) is 13.4. The highest BCUT2D eigenvalue weighted by atomic mass is 16.5. The van der Waals surface area contributed by atoms with Crippen LogP contribution < -0.4 is 14.7 Å². The lowest BCUT2D eigenvalue weighted by Gasteiger charge is -2.43. The predicted molar refractivity (Wildman–Crippen MR) is 410 cm³/mol. The number of hydrogen-bond acceptors (Lipinski definition) is 10. The molecular weight excluding hydrogens is 1190 g/mol. The fourth-order valence-corrected chi connectivity index (χ4v) is 13.4. The summed E-state index contributed by atoms with van der Waals surface area (Å²) in [6, 6.07) is 28.0. The van der Waals surface area contributed by atoms with Crippen LogP contribution in [0.4, 0.5) is 21.9 Å². The number of carbonyl (C=O) groups is 3. The molecule has 0 aromatic heterocycles. The van der Waals surface area contributed by atoms with E-state index in [0.29, 0.717) is 31.3 Å². The van der Waals surface area contributed by atoms with Gasteiger partial charge in [-0.05, 0) is 216 Å². The molecule has 14 heteroatoms. The third kappa shape index (κ3) is 28.8. The zero-order chi connectivity index (χ0) is 71.5. The first-order valence-electron chi connectivity index (χ1n) is 37.9. The van der Waals surface area contributed by atoms with Gasteiger partial charge in [-0.1, -0.05) is 136 Å². The highest BCUT2D eigenvalue weighted by Gasteiger charge is 2.33. The number of benzene rings is 3. The Bertz CT molecular complexity index is 2410. The van der Waals surface area contributed by atoms with E-state index in [1.807, 2.05) is 23.6 Å². The van der Waals surface area contributed by atoms with Crippen molar-refractivity contribution >= 4 is 34.9 Å². The van der Waals surface area contributed by atoms with E-state index in [9.17, 15) is 14.4 Å². The SMILES string of the molecule is CC(=O)N1CCCC(C(C)C)C1.CC(=O)N1CCCC1C(C)C.CC(C)C1CCN(C)CC1.CC(C)N1CCN(C)CC1.CC(C)N1COCN(C)C1=O.Cc1ccc(N2CC(C(C)C)C2)cc1.Cc1ccc(N2CC(C(C)C)C2)cc1.Cc1ccc(N2CC(C(C)C)C2)cc1. The van der Waals surface area contributed by atoms with Gasteiger partial charge in [0.25, 0.3) is 0 Å². The van der Waals surface area contributed by atoms with Crippen molar-refractivity contribution in [2.24, 2.45) is 65.1 Å². The molecule has 0 aliphatic carbocycles. The number of amides is 4. The molecular formula is C82H144N10O4. The van der Waals surface area contributed by atoms with Crippen LogP contribution in [-0.2, 0) is 14.3 Å². The van der Waals surface area contributed by atoms with Crippen LogP contribution in [0, 0.1) is 85.9 Å². The predicted octanol–water partition coefficient (Wildman–Crippen LogP) is 16.1. The second-order valence-electron chi connectivity index (χ2n) is 32.3. The minimum Gasteiger partial charge on any atom is -0.371 e. The van der Waals surface area contributed by atoms with E-state index in [1.165, 1.54) is 151 Å². The largest absolute Gasteiger partial charge is 0.371 e. The van der Waals surface area contributed by atoms with Gasteiger partial charge in [0, 0.05) is 141 Å². The fraction of sp³-hybridized carbons (Fsp3) is 0.744.